The SMILES string of the molecule is COC(=O)C(C#N)=CC1[C@@H](C(=O)O)C1(C)C. The summed E-state index contributed by atoms with van der Waals surface area (Å²) < 4.78 is 4.42. The number of carboxylic acid groups (broad SMARTS) is 1. The molecule has 0 aliphatic heterocycles. The fourth-order valence-electron chi connectivity index (χ4n) is 1.90. The van der Waals surface area contributed by atoms with Gasteiger partial charge in [0, 0.05) is 0 Å². The van der Waals surface area contributed by atoms with E-state index in [1.54, 1.807) is 19.9 Å². The van der Waals surface area contributed by atoms with Crippen LogP contribution >= 0.6 is 0 Å². The molecule has 2 atom stereocenters. The summed E-state index contributed by atoms with van der Waals surface area (Å²) >= 11 is 0. The van der Waals surface area contributed by atoms with Gasteiger partial charge in [0.15, 0.2) is 0 Å². The molecule has 1 aliphatic rings. The quantitative estimate of drug-likeness (QED) is 0.437. The molecule has 1 aliphatic carbocycles. The fourth-order valence-corrected chi connectivity index (χ4v) is 1.90. The van der Waals surface area contributed by atoms with Gasteiger partial charge in [-0.2, -0.15) is 5.26 Å². The van der Waals surface area contributed by atoms with Crippen LogP contribution in [0.1, 0.15) is 13.8 Å². The van der Waals surface area contributed by atoms with Crippen LogP contribution in [-0.2, 0) is 14.3 Å². The zero-order chi connectivity index (χ0) is 12.5. The van der Waals surface area contributed by atoms with Gasteiger partial charge in [-0.05, 0) is 11.3 Å². The summed E-state index contributed by atoms with van der Waals surface area (Å²) in [7, 11) is 1.18. The Balaban J connectivity index is 2.91. The highest BCUT2D eigenvalue weighted by atomic mass is 16.5. The molecule has 1 fully saturated rings. The highest BCUT2D eigenvalue weighted by Gasteiger charge is 2.61. The Bertz CT molecular complexity index is 403. The summed E-state index contributed by atoms with van der Waals surface area (Å²) in [6.07, 6.45) is 1.39. The minimum atomic E-state index is -0.909. The maximum absolute atomic E-state index is 11.1. The zero-order valence-electron chi connectivity index (χ0n) is 9.35. The van der Waals surface area contributed by atoms with Crippen molar-refractivity contribution < 1.29 is 19.4 Å². The molecule has 16 heavy (non-hydrogen) atoms. The third-order valence-corrected chi connectivity index (χ3v) is 3.05. The number of ether oxygens (including phenoxy) is 1. The summed E-state index contributed by atoms with van der Waals surface area (Å²) in [5.74, 6) is -2.47. The highest BCUT2D eigenvalue weighted by molar-refractivity contribution is 5.93. The lowest BCUT2D eigenvalue weighted by atomic mass is 10.1. The minimum absolute atomic E-state index is 0.135. The predicted octanol–water partition coefficient (Wildman–Crippen LogP) is 0.966. The molecule has 0 saturated heterocycles. The summed E-state index contributed by atoms with van der Waals surface area (Å²) in [5.41, 5.74) is -0.550. The molecule has 86 valence electrons. The van der Waals surface area contributed by atoms with E-state index in [1.807, 2.05) is 0 Å². The fraction of sp³-hybridized carbons (Fsp3) is 0.545. The van der Waals surface area contributed by atoms with Gasteiger partial charge in [0.2, 0.25) is 0 Å². The summed E-state index contributed by atoms with van der Waals surface area (Å²) in [4.78, 5) is 22.0. The average Bonchev–Trinajstić information content (AvgIpc) is 2.75. The maximum atomic E-state index is 11.1. The minimum Gasteiger partial charge on any atom is -0.481 e. The smallest absolute Gasteiger partial charge is 0.348 e. The van der Waals surface area contributed by atoms with Crippen LogP contribution in [-0.4, -0.2) is 24.2 Å². The van der Waals surface area contributed by atoms with Crippen LogP contribution < -0.4 is 0 Å². The zero-order valence-corrected chi connectivity index (χ0v) is 9.35. The molecule has 0 bridgehead atoms. The van der Waals surface area contributed by atoms with Gasteiger partial charge in [0.1, 0.15) is 11.6 Å². The number of hydrogen-bond donors (Lipinski definition) is 1. The van der Waals surface area contributed by atoms with Gasteiger partial charge in [0.05, 0.1) is 13.0 Å². The number of esters is 1. The molecule has 1 unspecified atom stereocenters. The van der Waals surface area contributed by atoms with Crippen molar-refractivity contribution in [1.82, 2.24) is 0 Å². The van der Waals surface area contributed by atoms with Crippen LogP contribution in [0.4, 0.5) is 0 Å². The first-order valence-corrected chi connectivity index (χ1v) is 4.79. The van der Waals surface area contributed by atoms with Crippen molar-refractivity contribution in [3.05, 3.63) is 11.6 Å². The molecule has 0 amide bonds. The van der Waals surface area contributed by atoms with Crippen LogP contribution in [0.25, 0.3) is 0 Å². The number of hydrogen-bond acceptors (Lipinski definition) is 4. The lowest BCUT2D eigenvalue weighted by Gasteiger charge is -1.98. The second-order valence-corrected chi connectivity index (χ2v) is 4.35. The van der Waals surface area contributed by atoms with E-state index in [0.717, 1.165) is 0 Å². The van der Waals surface area contributed by atoms with Crippen LogP contribution in [0.3, 0.4) is 0 Å². The lowest BCUT2D eigenvalue weighted by molar-refractivity contribution is -0.139. The first kappa shape index (κ1) is 12.2. The van der Waals surface area contributed by atoms with Crippen molar-refractivity contribution in [3.63, 3.8) is 0 Å². The molecule has 0 aromatic carbocycles. The number of nitrogens with zero attached hydrogens (tertiary/aromatic N) is 1. The molecule has 1 rings (SSSR count). The Labute approximate surface area is 93.3 Å². The van der Waals surface area contributed by atoms with Gasteiger partial charge < -0.3 is 9.84 Å². The Hall–Kier alpha value is -1.83. The number of carbonyl (C=O) groups excluding carboxylic acids is 1. The highest BCUT2D eigenvalue weighted by Crippen LogP contribution is 2.59. The van der Waals surface area contributed by atoms with Gasteiger partial charge in [-0.25, -0.2) is 4.79 Å². The van der Waals surface area contributed by atoms with Crippen LogP contribution in [0.2, 0.25) is 0 Å². The van der Waals surface area contributed by atoms with Gasteiger partial charge >= 0.3 is 11.9 Å². The first-order valence-electron chi connectivity index (χ1n) is 4.79. The average molecular weight is 223 g/mol. The van der Waals surface area contributed by atoms with Crippen molar-refractivity contribution >= 4 is 11.9 Å². The van der Waals surface area contributed by atoms with Crippen molar-refractivity contribution in [2.24, 2.45) is 17.3 Å². The van der Waals surface area contributed by atoms with Crippen LogP contribution in [0.15, 0.2) is 11.6 Å². The predicted molar refractivity (Wildman–Crippen MR) is 54.1 cm³/mol. The molecule has 0 radical (unpaired) electrons. The van der Waals surface area contributed by atoms with Gasteiger partial charge in [-0.1, -0.05) is 19.9 Å². The Morgan fingerprint density at radius 2 is 2.06 bits per heavy atom. The molecule has 0 aromatic heterocycles. The van der Waals surface area contributed by atoms with Gasteiger partial charge in [0.25, 0.3) is 0 Å². The number of aliphatic carboxylic acids is 1. The molecule has 0 spiro atoms. The third kappa shape index (κ3) is 1.91. The number of methoxy groups -OCH3 is 1. The van der Waals surface area contributed by atoms with Gasteiger partial charge in [-0.3, -0.25) is 4.79 Å². The standard InChI is InChI=1S/C11H13NO4/c1-11(2)7(8(11)9(13)14)4-6(5-12)10(15)16-3/h4,7-8H,1-3H3,(H,13,14)/t7?,8-/m0/s1. The Morgan fingerprint density at radius 1 is 1.50 bits per heavy atom. The molecular weight excluding hydrogens is 210 g/mol. The number of rotatable bonds is 3. The first-order chi connectivity index (χ1) is 7.36. The van der Waals surface area contributed by atoms with E-state index in [1.165, 1.54) is 13.2 Å². The molecule has 0 heterocycles. The van der Waals surface area contributed by atoms with Crippen LogP contribution in [0, 0.1) is 28.6 Å². The second-order valence-electron chi connectivity index (χ2n) is 4.35. The summed E-state index contributed by atoms with van der Waals surface area (Å²) in [6.45, 7) is 3.58. The maximum Gasteiger partial charge on any atom is 0.348 e. The third-order valence-electron chi connectivity index (χ3n) is 3.05. The topological polar surface area (TPSA) is 87.4 Å². The molecular formula is C11H13NO4. The van der Waals surface area contributed by atoms with E-state index in [9.17, 15) is 9.59 Å². The summed E-state index contributed by atoms with van der Waals surface area (Å²) in [6, 6.07) is 1.71. The lowest BCUT2D eigenvalue weighted by Crippen LogP contribution is -2.04. The number of nitriles is 1. The molecule has 1 saturated carbocycles. The van der Waals surface area contributed by atoms with E-state index in [2.05, 4.69) is 4.74 Å². The largest absolute Gasteiger partial charge is 0.481 e. The van der Waals surface area contributed by atoms with Crippen molar-refractivity contribution in [2.45, 2.75) is 13.8 Å². The van der Waals surface area contributed by atoms with E-state index < -0.39 is 23.3 Å². The van der Waals surface area contributed by atoms with E-state index in [-0.39, 0.29) is 11.5 Å². The van der Waals surface area contributed by atoms with E-state index in [0.29, 0.717) is 0 Å². The van der Waals surface area contributed by atoms with Crippen molar-refractivity contribution in [1.29, 1.82) is 5.26 Å². The monoisotopic (exact) mass is 223 g/mol. The van der Waals surface area contributed by atoms with Crippen molar-refractivity contribution in [3.8, 4) is 6.07 Å². The van der Waals surface area contributed by atoms with Crippen molar-refractivity contribution in [2.75, 3.05) is 7.11 Å². The van der Waals surface area contributed by atoms with E-state index in [4.69, 9.17) is 10.4 Å². The number of carbonyl (C=O) groups is 2. The molecule has 5 nitrogen and oxygen atoms in total. The normalized spacial score (nSPS) is 26.8. The summed E-state index contributed by atoms with van der Waals surface area (Å²) in [5, 5.41) is 17.6. The number of carboxylic acids is 1. The van der Waals surface area contributed by atoms with E-state index >= 15 is 0 Å². The Morgan fingerprint density at radius 3 is 2.38 bits per heavy atom. The molecule has 1 N–H and O–H groups in total. The molecule has 5 heteroatoms. The second kappa shape index (κ2) is 3.97. The number of allylic oxidation sites excluding steroid dienone is 1. The van der Waals surface area contributed by atoms with Gasteiger partial charge in [-0.15, -0.1) is 0 Å². The Kier molecular flexibility index (Phi) is 3.04. The van der Waals surface area contributed by atoms with Crippen LogP contribution in [0.5, 0.6) is 0 Å². The molecule has 0 aromatic rings.